The Morgan fingerprint density at radius 1 is 1.19 bits per heavy atom. The van der Waals surface area contributed by atoms with E-state index in [4.69, 9.17) is 10.2 Å². The minimum absolute atomic E-state index is 0.0341. The first-order chi connectivity index (χ1) is 7.06. The van der Waals surface area contributed by atoms with E-state index in [0.29, 0.717) is 0 Å². The fraction of sp³-hybridized carbons (Fsp3) is 0.917. The molecular formula is C12H26O4. The van der Waals surface area contributed by atoms with Crippen LogP contribution in [0.25, 0.3) is 0 Å². The lowest BCUT2D eigenvalue weighted by Crippen LogP contribution is -2.36. The molecule has 16 heavy (non-hydrogen) atoms. The summed E-state index contributed by atoms with van der Waals surface area (Å²) in [5.41, 5.74) is -0.367. The molecule has 0 aliphatic carbocycles. The molecule has 0 aromatic heterocycles. The van der Waals surface area contributed by atoms with Crippen molar-refractivity contribution in [3.8, 4) is 0 Å². The van der Waals surface area contributed by atoms with Gasteiger partial charge in [0.25, 0.3) is 0 Å². The van der Waals surface area contributed by atoms with Gasteiger partial charge in [0.15, 0.2) is 0 Å². The zero-order chi connectivity index (χ0) is 13.5. The van der Waals surface area contributed by atoms with E-state index in [1.165, 1.54) is 0 Å². The minimum atomic E-state index is -0.741. The van der Waals surface area contributed by atoms with E-state index in [-0.39, 0.29) is 23.9 Å². The Bertz CT molecular complexity index is 197. The number of carboxylic acids is 1. The van der Waals surface area contributed by atoms with Gasteiger partial charge in [-0.2, -0.15) is 0 Å². The topological polar surface area (TPSA) is 77.8 Å². The number of rotatable bonds is 4. The van der Waals surface area contributed by atoms with Gasteiger partial charge in [-0.15, -0.1) is 0 Å². The second-order valence-corrected chi connectivity index (χ2v) is 5.33. The first-order valence-electron chi connectivity index (χ1n) is 5.58. The zero-order valence-corrected chi connectivity index (χ0v) is 11.2. The molecule has 0 saturated carbocycles. The standard InChI is InChI=1S/C8H18O2.C4H8O2/c1-6(2)7(10)8(3,4)5-9;1-3(2)4(5)6/h6-7,9-10H,5H2,1-4H3;3H,1-2H3,(H,5,6)/t7-;/m1./s1. The third-order valence-electron chi connectivity index (χ3n) is 2.33. The maximum absolute atomic E-state index is 9.70. The average molecular weight is 234 g/mol. The van der Waals surface area contributed by atoms with Gasteiger partial charge in [-0.1, -0.05) is 41.5 Å². The third kappa shape index (κ3) is 7.65. The van der Waals surface area contributed by atoms with Crippen molar-refractivity contribution in [3.63, 3.8) is 0 Å². The summed E-state index contributed by atoms with van der Waals surface area (Å²) in [6.45, 7) is 10.9. The van der Waals surface area contributed by atoms with E-state index in [9.17, 15) is 9.90 Å². The molecule has 0 aliphatic rings. The largest absolute Gasteiger partial charge is 0.481 e. The van der Waals surface area contributed by atoms with Crippen LogP contribution in [0.3, 0.4) is 0 Å². The van der Waals surface area contributed by atoms with E-state index in [1.807, 2.05) is 27.7 Å². The third-order valence-corrected chi connectivity index (χ3v) is 2.33. The van der Waals surface area contributed by atoms with Gasteiger partial charge in [-0.05, 0) is 5.92 Å². The van der Waals surface area contributed by atoms with Crippen LogP contribution in [0.5, 0.6) is 0 Å². The van der Waals surface area contributed by atoms with Crippen molar-refractivity contribution in [1.29, 1.82) is 0 Å². The Hall–Kier alpha value is -0.610. The summed E-state index contributed by atoms with van der Waals surface area (Å²) >= 11 is 0. The molecule has 0 radical (unpaired) electrons. The molecule has 3 N–H and O–H groups in total. The molecule has 1 atom stereocenters. The highest BCUT2D eigenvalue weighted by Gasteiger charge is 2.28. The van der Waals surface area contributed by atoms with E-state index in [1.54, 1.807) is 13.8 Å². The number of aliphatic hydroxyl groups is 2. The highest BCUT2D eigenvalue weighted by molar-refractivity contribution is 5.68. The van der Waals surface area contributed by atoms with Gasteiger partial charge < -0.3 is 15.3 Å². The summed E-state index contributed by atoms with van der Waals surface area (Å²) in [5, 5.41) is 26.3. The number of aliphatic carboxylic acids is 1. The Morgan fingerprint density at radius 3 is 1.56 bits per heavy atom. The quantitative estimate of drug-likeness (QED) is 0.692. The summed E-state index contributed by atoms with van der Waals surface area (Å²) in [6.07, 6.45) is -0.419. The maximum Gasteiger partial charge on any atom is 0.305 e. The van der Waals surface area contributed by atoms with Crippen LogP contribution < -0.4 is 0 Å². The Kier molecular flexibility index (Phi) is 8.47. The van der Waals surface area contributed by atoms with Crippen molar-refractivity contribution in [2.75, 3.05) is 6.61 Å². The van der Waals surface area contributed by atoms with Gasteiger partial charge in [0, 0.05) is 5.41 Å². The molecule has 0 aromatic carbocycles. The van der Waals surface area contributed by atoms with E-state index >= 15 is 0 Å². The molecule has 0 saturated heterocycles. The van der Waals surface area contributed by atoms with Gasteiger partial charge in [0.05, 0.1) is 18.6 Å². The number of aliphatic hydroxyl groups excluding tert-OH is 2. The number of hydrogen-bond acceptors (Lipinski definition) is 3. The summed E-state index contributed by atoms with van der Waals surface area (Å²) in [6, 6.07) is 0. The van der Waals surface area contributed by atoms with Crippen molar-refractivity contribution < 1.29 is 20.1 Å². The van der Waals surface area contributed by atoms with Gasteiger partial charge >= 0.3 is 5.97 Å². The van der Waals surface area contributed by atoms with Crippen LogP contribution in [-0.2, 0) is 4.79 Å². The lowest BCUT2D eigenvalue weighted by Gasteiger charge is -2.30. The summed E-state index contributed by atoms with van der Waals surface area (Å²) in [7, 11) is 0. The summed E-state index contributed by atoms with van der Waals surface area (Å²) in [5.74, 6) is -0.762. The maximum atomic E-state index is 9.70. The van der Waals surface area contributed by atoms with Gasteiger partial charge in [0.2, 0.25) is 0 Å². The number of carbonyl (C=O) groups is 1. The average Bonchev–Trinajstić information content (AvgIpc) is 2.17. The molecule has 0 unspecified atom stereocenters. The van der Waals surface area contributed by atoms with Crippen LogP contribution in [0.15, 0.2) is 0 Å². The minimum Gasteiger partial charge on any atom is -0.481 e. The second kappa shape index (κ2) is 7.63. The predicted octanol–water partition coefficient (Wildman–Crippen LogP) is 1.75. The summed E-state index contributed by atoms with van der Waals surface area (Å²) in [4.78, 5) is 9.70. The Morgan fingerprint density at radius 2 is 1.50 bits per heavy atom. The first-order valence-corrected chi connectivity index (χ1v) is 5.58. The zero-order valence-electron chi connectivity index (χ0n) is 11.2. The summed E-state index contributed by atoms with van der Waals surface area (Å²) < 4.78 is 0. The molecule has 0 rings (SSSR count). The monoisotopic (exact) mass is 234 g/mol. The van der Waals surface area contributed by atoms with Crippen molar-refractivity contribution in [1.82, 2.24) is 0 Å². The van der Waals surface area contributed by atoms with Crippen LogP contribution in [0.2, 0.25) is 0 Å². The molecule has 0 fully saturated rings. The molecule has 0 spiro atoms. The van der Waals surface area contributed by atoms with E-state index in [0.717, 1.165) is 0 Å². The SMILES string of the molecule is CC(C)C(=O)O.CC(C)[C@@H](O)C(C)(C)CO. The molecule has 98 valence electrons. The molecule has 0 amide bonds. The first kappa shape index (κ1) is 17.8. The Balaban J connectivity index is 0. The van der Waals surface area contributed by atoms with Gasteiger partial charge in [-0.3, -0.25) is 4.79 Å². The highest BCUT2D eigenvalue weighted by atomic mass is 16.4. The molecule has 4 nitrogen and oxygen atoms in total. The van der Waals surface area contributed by atoms with Crippen LogP contribution in [0, 0.1) is 17.3 Å². The molecular weight excluding hydrogens is 208 g/mol. The smallest absolute Gasteiger partial charge is 0.305 e. The number of hydrogen-bond donors (Lipinski definition) is 3. The van der Waals surface area contributed by atoms with Crippen LogP contribution >= 0.6 is 0 Å². The van der Waals surface area contributed by atoms with Crippen LogP contribution in [-0.4, -0.2) is 34.0 Å². The van der Waals surface area contributed by atoms with E-state index in [2.05, 4.69) is 0 Å². The fourth-order valence-electron chi connectivity index (χ4n) is 0.996. The van der Waals surface area contributed by atoms with Crippen molar-refractivity contribution >= 4 is 5.97 Å². The van der Waals surface area contributed by atoms with Crippen molar-refractivity contribution in [3.05, 3.63) is 0 Å². The lowest BCUT2D eigenvalue weighted by molar-refractivity contribution is -0.140. The van der Waals surface area contributed by atoms with Crippen molar-refractivity contribution in [2.24, 2.45) is 17.3 Å². The second-order valence-electron chi connectivity index (χ2n) is 5.33. The van der Waals surface area contributed by atoms with Gasteiger partial charge in [0.1, 0.15) is 0 Å². The molecule has 0 aliphatic heterocycles. The Labute approximate surface area is 98.3 Å². The molecule has 0 bridgehead atoms. The van der Waals surface area contributed by atoms with E-state index < -0.39 is 12.1 Å². The molecule has 0 aromatic rings. The fourth-order valence-corrected chi connectivity index (χ4v) is 0.996. The van der Waals surface area contributed by atoms with Crippen LogP contribution in [0.1, 0.15) is 41.5 Å². The highest BCUT2D eigenvalue weighted by Crippen LogP contribution is 2.24. The van der Waals surface area contributed by atoms with Crippen molar-refractivity contribution in [2.45, 2.75) is 47.6 Å². The predicted molar refractivity (Wildman–Crippen MR) is 64.2 cm³/mol. The normalized spacial score (nSPS) is 13.4. The van der Waals surface area contributed by atoms with Gasteiger partial charge in [-0.25, -0.2) is 0 Å². The van der Waals surface area contributed by atoms with Crippen LogP contribution in [0.4, 0.5) is 0 Å². The molecule has 4 heteroatoms. The lowest BCUT2D eigenvalue weighted by atomic mass is 9.82. The molecule has 0 heterocycles. The number of carboxylic acid groups (broad SMARTS) is 1.